The Morgan fingerprint density at radius 2 is 2.00 bits per heavy atom. The molecule has 4 heteroatoms. The average molecular weight is 199 g/mol. The number of hydrogen-bond donors (Lipinski definition) is 1. The highest BCUT2D eigenvalue weighted by molar-refractivity contribution is 5.84. The van der Waals surface area contributed by atoms with Gasteiger partial charge in [0.2, 0.25) is 5.91 Å². The Kier molecular flexibility index (Phi) is 5.60. The van der Waals surface area contributed by atoms with E-state index >= 15 is 0 Å². The lowest BCUT2D eigenvalue weighted by atomic mass is 10.1. The molecule has 0 aromatic rings. The van der Waals surface area contributed by atoms with Gasteiger partial charge in [0, 0.05) is 18.7 Å². The van der Waals surface area contributed by atoms with Crippen LogP contribution in [-0.2, 0) is 14.3 Å². The van der Waals surface area contributed by atoms with Gasteiger partial charge in [0.25, 0.3) is 0 Å². The van der Waals surface area contributed by atoms with Crippen molar-refractivity contribution in [1.29, 1.82) is 0 Å². The van der Waals surface area contributed by atoms with Crippen molar-refractivity contribution >= 4 is 11.9 Å². The maximum atomic E-state index is 11.1. The van der Waals surface area contributed by atoms with E-state index in [0.29, 0.717) is 12.3 Å². The lowest BCUT2D eigenvalue weighted by Gasteiger charge is -2.11. The molecule has 4 nitrogen and oxygen atoms in total. The van der Waals surface area contributed by atoms with Crippen LogP contribution in [0.2, 0.25) is 0 Å². The van der Waals surface area contributed by atoms with Gasteiger partial charge in [-0.25, -0.2) is 4.79 Å². The Balaban J connectivity index is 4.47. The number of ether oxygens (including phenoxy) is 1. The third kappa shape index (κ3) is 5.35. The third-order valence-electron chi connectivity index (χ3n) is 1.50. The van der Waals surface area contributed by atoms with Crippen LogP contribution in [0.1, 0.15) is 27.7 Å². The van der Waals surface area contributed by atoms with E-state index in [1.165, 1.54) is 13.0 Å². The van der Waals surface area contributed by atoms with Crippen molar-refractivity contribution in [1.82, 2.24) is 5.32 Å². The van der Waals surface area contributed by atoms with E-state index in [4.69, 9.17) is 4.74 Å². The fourth-order valence-corrected chi connectivity index (χ4v) is 0.861. The second kappa shape index (κ2) is 6.18. The Labute approximate surface area is 84.3 Å². The molecule has 0 bridgehead atoms. The van der Waals surface area contributed by atoms with Crippen molar-refractivity contribution in [3.8, 4) is 0 Å². The summed E-state index contributed by atoms with van der Waals surface area (Å²) in [6.45, 7) is 7.25. The van der Waals surface area contributed by atoms with Crippen molar-refractivity contribution in [3.63, 3.8) is 0 Å². The second-order valence-electron chi connectivity index (χ2n) is 3.19. The molecule has 0 unspecified atom stereocenters. The van der Waals surface area contributed by atoms with Crippen LogP contribution in [0.15, 0.2) is 11.8 Å². The van der Waals surface area contributed by atoms with E-state index in [2.05, 4.69) is 5.32 Å². The van der Waals surface area contributed by atoms with E-state index in [-0.39, 0.29) is 11.8 Å². The molecule has 0 rings (SSSR count). The van der Waals surface area contributed by atoms with E-state index in [9.17, 15) is 9.59 Å². The highest BCUT2D eigenvalue weighted by Gasteiger charge is 2.07. The highest BCUT2D eigenvalue weighted by atomic mass is 16.5. The quantitative estimate of drug-likeness (QED) is 0.547. The first-order chi connectivity index (χ1) is 6.47. The summed E-state index contributed by atoms with van der Waals surface area (Å²) in [6, 6.07) is 0. The SMILES string of the molecule is CCOC(=O)/C=C(\NC(C)=O)C(C)C. The fraction of sp³-hybridized carbons (Fsp3) is 0.600. The summed E-state index contributed by atoms with van der Waals surface area (Å²) in [5, 5.41) is 2.59. The fourth-order valence-electron chi connectivity index (χ4n) is 0.861. The van der Waals surface area contributed by atoms with Crippen molar-refractivity contribution in [3.05, 3.63) is 11.8 Å². The summed E-state index contributed by atoms with van der Waals surface area (Å²) < 4.78 is 4.74. The zero-order valence-electron chi connectivity index (χ0n) is 9.09. The van der Waals surface area contributed by atoms with Gasteiger partial charge in [-0.3, -0.25) is 4.79 Å². The van der Waals surface area contributed by atoms with Crippen LogP contribution < -0.4 is 5.32 Å². The first-order valence-corrected chi connectivity index (χ1v) is 4.63. The zero-order valence-corrected chi connectivity index (χ0v) is 9.09. The first kappa shape index (κ1) is 12.7. The number of rotatable bonds is 4. The van der Waals surface area contributed by atoms with Gasteiger partial charge in [0.1, 0.15) is 0 Å². The molecule has 0 saturated heterocycles. The molecule has 0 aromatic heterocycles. The van der Waals surface area contributed by atoms with Crippen molar-refractivity contribution in [2.24, 2.45) is 5.92 Å². The van der Waals surface area contributed by atoms with Crippen molar-refractivity contribution in [2.45, 2.75) is 27.7 Å². The van der Waals surface area contributed by atoms with Gasteiger partial charge in [-0.15, -0.1) is 0 Å². The number of hydrogen-bond acceptors (Lipinski definition) is 3. The molecule has 0 aromatic carbocycles. The molecule has 0 aliphatic carbocycles. The molecule has 1 N–H and O–H groups in total. The third-order valence-corrected chi connectivity index (χ3v) is 1.50. The van der Waals surface area contributed by atoms with Crippen LogP contribution in [0.25, 0.3) is 0 Å². The van der Waals surface area contributed by atoms with Crippen LogP contribution in [0, 0.1) is 5.92 Å². The molecule has 0 aliphatic rings. The molecule has 14 heavy (non-hydrogen) atoms. The topological polar surface area (TPSA) is 55.4 Å². The molecule has 0 radical (unpaired) electrons. The lowest BCUT2D eigenvalue weighted by molar-refractivity contribution is -0.137. The van der Waals surface area contributed by atoms with Crippen LogP contribution >= 0.6 is 0 Å². The number of carbonyl (C=O) groups excluding carboxylic acids is 2. The number of nitrogens with one attached hydrogen (secondary N) is 1. The summed E-state index contributed by atoms with van der Waals surface area (Å²) in [4.78, 5) is 21.9. The zero-order chi connectivity index (χ0) is 11.1. The summed E-state index contributed by atoms with van der Waals surface area (Å²) in [5.41, 5.74) is 0.580. The van der Waals surface area contributed by atoms with Gasteiger partial charge >= 0.3 is 5.97 Å². The molecular weight excluding hydrogens is 182 g/mol. The monoisotopic (exact) mass is 199 g/mol. The van der Waals surface area contributed by atoms with Crippen LogP contribution in [-0.4, -0.2) is 18.5 Å². The number of amides is 1. The average Bonchev–Trinajstić information content (AvgIpc) is 2.02. The van der Waals surface area contributed by atoms with E-state index in [1.807, 2.05) is 13.8 Å². The van der Waals surface area contributed by atoms with E-state index in [0.717, 1.165) is 0 Å². The molecular formula is C10H17NO3. The van der Waals surface area contributed by atoms with E-state index in [1.54, 1.807) is 6.92 Å². The smallest absolute Gasteiger partial charge is 0.332 e. The highest BCUT2D eigenvalue weighted by Crippen LogP contribution is 2.05. The number of allylic oxidation sites excluding steroid dienone is 1. The van der Waals surface area contributed by atoms with Gasteiger partial charge in [-0.05, 0) is 12.8 Å². The minimum atomic E-state index is -0.426. The predicted octanol–water partition coefficient (Wildman–Crippen LogP) is 1.23. The Bertz CT molecular complexity index is 244. The van der Waals surface area contributed by atoms with Gasteiger partial charge < -0.3 is 10.1 Å². The predicted molar refractivity (Wildman–Crippen MR) is 53.4 cm³/mol. The molecule has 0 saturated carbocycles. The van der Waals surface area contributed by atoms with Crippen molar-refractivity contribution < 1.29 is 14.3 Å². The van der Waals surface area contributed by atoms with Gasteiger partial charge in [0.15, 0.2) is 0 Å². The maximum absolute atomic E-state index is 11.1. The summed E-state index contributed by atoms with van der Waals surface area (Å²) >= 11 is 0. The van der Waals surface area contributed by atoms with E-state index < -0.39 is 5.97 Å². The van der Waals surface area contributed by atoms with Gasteiger partial charge in [-0.2, -0.15) is 0 Å². The van der Waals surface area contributed by atoms with Gasteiger partial charge in [-0.1, -0.05) is 13.8 Å². The van der Waals surface area contributed by atoms with Gasteiger partial charge in [0.05, 0.1) is 6.61 Å². The minimum Gasteiger partial charge on any atom is -0.463 e. The van der Waals surface area contributed by atoms with Crippen LogP contribution in [0.5, 0.6) is 0 Å². The normalized spacial score (nSPS) is 11.4. The Hall–Kier alpha value is -1.32. The molecule has 0 aliphatic heterocycles. The first-order valence-electron chi connectivity index (χ1n) is 4.63. The number of esters is 1. The Morgan fingerprint density at radius 3 is 2.36 bits per heavy atom. The minimum absolute atomic E-state index is 0.0864. The molecule has 0 spiro atoms. The Morgan fingerprint density at radius 1 is 1.43 bits per heavy atom. The molecule has 0 fully saturated rings. The molecule has 1 amide bonds. The summed E-state index contributed by atoms with van der Waals surface area (Å²) in [6.07, 6.45) is 1.32. The van der Waals surface area contributed by atoms with Crippen molar-refractivity contribution in [2.75, 3.05) is 6.61 Å². The lowest BCUT2D eigenvalue weighted by Crippen LogP contribution is -2.23. The largest absolute Gasteiger partial charge is 0.463 e. The standard InChI is InChI=1S/C10H17NO3/c1-5-14-10(13)6-9(7(2)3)11-8(4)12/h6-7H,5H2,1-4H3,(H,11,12)/b9-6-. The van der Waals surface area contributed by atoms with Crippen LogP contribution in [0.3, 0.4) is 0 Å². The summed E-state index contributed by atoms with van der Waals surface area (Å²) in [7, 11) is 0. The number of carbonyl (C=O) groups is 2. The maximum Gasteiger partial charge on any atom is 0.332 e. The molecule has 0 atom stereocenters. The molecule has 80 valence electrons. The second-order valence-corrected chi connectivity index (χ2v) is 3.19. The van der Waals surface area contributed by atoms with Crippen LogP contribution in [0.4, 0.5) is 0 Å². The summed E-state index contributed by atoms with van der Waals surface area (Å²) in [5.74, 6) is -0.525. The molecule has 0 heterocycles.